The van der Waals surface area contributed by atoms with Crippen molar-refractivity contribution in [3.05, 3.63) is 0 Å². The van der Waals surface area contributed by atoms with E-state index in [1.54, 1.807) is 0 Å². The summed E-state index contributed by atoms with van der Waals surface area (Å²) in [5, 5.41) is 0. The zero-order chi connectivity index (χ0) is 13.8. The molecule has 116 valence electrons. The normalized spacial score (nSPS) is 40.4. The number of rotatable bonds is 7. The van der Waals surface area contributed by atoms with Crippen LogP contribution in [0.2, 0.25) is 0 Å². The van der Waals surface area contributed by atoms with Gasteiger partial charge < -0.3 is 18.9 Å². The van der Waals surface area contributed by atoms with Crippen molar-refractivity contribution >= 4 is 0 Å². The number of hydrogen-bond donors (Lipinski definition) is 0. The second-order valence-electron chi connectivity index (χ2n) is 6.63. The summed E-state index contributed by atoms with van der Waals surface area (Å²) in [5.41, 5.74) is 0. The molecule has 0 amide bonds. The molecule has 4 nitrogen and oxygen atoms in total. The first-order valence-corrected chi connectivity index (χ1v) is 8.24. The zero-order valence-electron chi connectivity index (χ0n) is 12.6. The minimum Gasteiger partial charge on any atom is -0.379 e. The third-order valence-electron chi connectivity index (χ3n) is 4.79. The van der Waals surface area contributed by atoms with Crippen LogP contribution >= 0.6 is 0 Å². The Morgan fingerprint density at radius 2 is 1.65 bits per heavy atom. The van der Waals surface area contributed by atoms with Crippen LogP contribution < -0.4 is 0 Å². The van der Waals surface area contributed by atoms with Gasteiger partial charge >= 0.3 is 0 Å². The lowest BCUT2D eigenvalue weighted by Gasteiger charge is -2.26. The predicted molar refractivity (Wildman–Crippen MR) is 75.8 cm³/mol. The van der Waals surface area contributed by atoms with Gasteiger partial charge in [0.1, 0.15) is 0 Å². The van der Waals surface area contributed by atoms with E-state index in [0.717, 1.165) is 32.8 Å². The minimum atomic E-state index is 0.431. The average molecular weight is 284 g/mol. The maximum absolute atomic E-state index is 5.73. The van der Waals surface area contributed by atoms with Gasteiger partial charge in [-0.2, -0.15) is 0 Å². The van der Waals surface area contributed by atoms with Crippen LogP contribution in [0.1, 0.15) is 39.0 Å². The molecule has 5 unspecified atom stereocenters. The Morgan fingerprint density at radius 1 is 0.900 bits per heavy atom. The largest absolute Gasteiger partial charge is 0.379 e. The summed E-state index contributed by atoms with van der Waals surface area (Å²) in [6.45, 7) is 6.12. The van der Waals surface area contributed by atoms with Crippen LogP contribution in [0.3, 0.4) is 0 Å². The molecule has 5 atom stereocenters. The van der Waals surface area contributed by atoms with E-state index in [0.29, 0.717) is 36.8 Å². The first-order chi connectivity index (χ1) is 9.81. The molecule has 0 spiro atoms. The fourth-order valence-corrected chi connectivity index (χ4v) is 3.32. The van der Waals surface area contributed by atoms with Crippen molar-refractivity contribution in [1.29, 1.82) is 0 Å². The molecule has 4 heteroatoms. The molecule has 3 rings (SSSR count). The predicted octanol–water partition coefficient (Wildman–Crippen LogP) is 2.40. The van der Waals surface area contributed by atoms with E-state index in [2.05, 4.69) is 6.92 Å². The van der Waals surface area contributed by atoms with Crippen molar-refractivity contribution in [2.75, 3.05) is 33.0 Å². The fraction of sp³-hybridized carbons (Fsp3) is 1.00. The first-order valence-electron chi connectivity index (χ1n) is 8.24. The van der Waals surface area contributed by atoms with Crippen LogP contribution in [0.5, 0.6) is 0 Å². The fourth-order valence-electron chi connectivity index (χ4n) is 3.32. The van der Waals surface area contributed by atoms with Crippen LogP contribution in [-0.2, 0) is 18.9 Å². The average Bonchev–Trinajstić information content (AvgIpc) is 3.23. The second-order valence-corrected chi connectivity index (χ2v) is 6.63. The lowest BCUT2D eigenvalue weighted by molar-refractivity contribution is -0.0432. The lowest BCUT2D eigenvalue weighted by atomic mass is 9.90. The van der Waals surface area contributed by atoms with Crippen molar-refractivity contribution in [1.82, 2.24) is 0 Å². The summed E-state index contributed by atoms with van der Waals surface area (Å²) in [6.07, 6.45) is 7.67. The van der Waals surface area contributed by atoms with Crippen molar-refractivity contribution in [2.24, 2.45) is 11.8 Å². The van der Waals surface area contributed by atoms with Gasteiger partial charge in [0.15, 0.2) is 0 Å². The van der Waals surface area contributed by atoms with Crippen molar-refractivity contribution in [3.8, 4) is 0 Å². The van der Waals surface area contributed by atoms with Crippen LogP contribution in [0, 0.1) is 11.8 Å². The molecule has 0 aromatic heterocycles. The highest BCUT2D eigenvalue weighted by atomic mass is 16.6. The molecule has 1 saturated carbocycles. The van der Waals surface area contributed by atoms with Gasteiger partial charge in [-0.05, 0) is 44.9 Å². The van der Waals surface area contributed by atoms with Gasteiger partial charge in [0, 0.05) is 12.5 Å². The van der Waals surface area contributed by atoms with E-state index in [-0.39, 0.29) is 0 Å². The Hall–Kier alpha value is -0.160. The molecule has 0 radical (unpaired) electrons. The maximum atomic E-state index is 5.73. The van der Waals surface area contributed by atoms with Gasteiger partial charge in [-0.25, -0.2) is 0 Å². The molecule has 0 N–H and O–H groups in total. The monoisotopic (exact) mass is 284 g/mol. The molecular weight excluding hydrogens is 256 g/mol. The van der Waals surface area contributed by atoms with E-state index in [4.69, 9.17) is 18.9 Å². The van der Waals surface area contributed by atoms with Crippen LogP contribution in [0.25, 0.3) is 0 Å². The number of epoxide rings is 1. The zero-order valence-corrected chi connectivity index (χ0v) is 12.6. The van der Waals surface area contributed by atoms with Gasteiger partial charge in [-0.15, -0.1) is 0 Å². The second kappa shape index (κ2) is 7.21. The topological polar surface area (TPSA) is 40.2 Å². The van der Waals surface area contributed by atoms with E-state index in [9.17, 15) is 0 Å². The molecule has 3 fully saturated rings. The highest BCUT2D eigenvalue weighted by Crippen LogP contribution is 2.39. The molecule has 2 saturated heterocycles. The summed E-state index contributed by atoms with van der Waals surface area (Å²) in [4.78, 5) is 0. The van der Waals surface area contributed by atoms with Crippen molar-refractivity contribution < 1.29 is 18.9 Å². The quantitative estimate of drug-likeness (QED) is 0.532. The molecular formula is C16H28O4. The van der Waals surface area contributed by atoms with E-state index < -0.39 is 0 Å². The minimum absolute atomic E-state index is 0.431. The van der Waals surface area contributed by atoms with Crippen LogP contribution in [0.4, 0.5) is 0 Å². The summed E-state index contributed by atoms with van der Waals surface area (Å²) in [5.74, 6) is 1.28. The van der Waals surface area contributed by atoms with Crippen molar-refractivity contribution in [3.63, 3.8) is 0 Å². The smallest absolute Gasteiger partial charge is 0.0845 e. The van der Waals surface area contributed by atoms with Gasteiger partial charge in [-0.1, -0.05) is 0 Å². The van der Waals surface area contributed by atoms with Crippen LogP contribution in [-0.4, -0.2) is 51.3 Å². The molecule has 2 aliphatic heterocycles. The first kappa shape index (κ1) is 14.8. The maximum Gasteiger partial charge on any atom is 0.0845 e. The standard InChI is InChI=1S/C16H28O4/c1-12-2-3-14(11-19-12)10-18-7-6-17-9-13-4-5-15-16(8-13)20-15/h12-16H,2-11H2,1H3. The molecule has 3 aliphatic rings. The van der Waals surface area contributed by atoms with Gasteiger partial charge in [0.2, 0.25) is 0 Å². The molecule has 0 aromatic carbocycles. The van der Waals surface area contributed by atoms with Gasteiger partial charge in [0.25, 0.3) is 0 Å². The van der Waals surface area contributed by atoms with Crippen molar-refractivity contribution in [2.45, 2.75) is 57.3 Å². The van der Waals surface area contributed by atoms with Gasteiger partial charge in [-0.3, -0.25) is 0 Å². The van der Waals surface area contributed by atoms with E-state index in [1.807, 2.05) is 0 Å². The summed E-state index contributed by atoms with van der Waals surface area (Å²) < 4.78 is 22.6. The molecule has 2 heterocycles. The molecule has 1 aliphatic carbocycles. The number of fused-ring (bicyclic) bond motifs is 1. The number of hydrogen-bond acceptors (Lipinski definition) is 4. The Bertz CT molecular complexity index is 288. The molecule has 20 heavy (non-hydrogen) atoms. The summed E-state index contributed by atoms with van der Waals surface area (Å²) in [7, 11) is 0. The van der Waals surface area contributed by atoms with E-state index in [1.165, 1.54) is 25.7 Å². The highest BCUT2D eigenvalue weighted by molar-refractivity contribution is 4.91. The Labute approximate surface area is 122 Å². The third-order valence-corrected chi connectivity index (χ3v) is 4.79. The summed E-state index contributed by atoms with van der Waals surface area (Å²) in [6, 6.07) is 0. The Morgan fingerprint density at radius 3 is 2.35 bits per heavy atom. The lowest BCUT2D eigenvalue weighted by Crippen LogP contribution is -2.27. The number of ether oxygens (including phenoxy) is 4. The Kier molecular flexibility index (Phi) is 5.32. The Balaban J connectivity index is 1.16. The highest BCUT2D eigenvalue weighted by Gasteiger charge is 2.43. The van der Waals surface area contributed by atoms with Crippen LogP contribution in [0.15, 0.2) is 0 Å². The van der Waals surface area contributed by atoms with Gasteiger partial charge in [0.05, 0.1) is 44.7 Å². The molecule has 0 aromatic rings. The summed E-state index contributed by atoms with van der Waals surface area (Å²) >= 11 is 0. The third kappa shape index (κ3) is 4.42. The molecule has 0 bridgehead atoms. The van der Waals surface area contributed by atoms with E-state index >= 15 is 0 Å². The SMILES string of the molecule is CC1CCC(COCCOCC2CCC3OC3C2)CO1.